The molecule has 0 saturated heterocycles. The number of hydrogen-bond acceptors (Lipinski definition) is 6. The summed E-state index contributed by atoms with van der Waals surface area (Å²) in [7, 11) is -3.40. The average molecular weight is 592 g/mol. The van der Waals surface area contributed by atoms with Gasteiger partial charge in [-0.2, -0.15) is 0 Å². The molecule has 1 heterocycles. The second-order valence-electron chi connectivity index (χ2n) is 10.3. The van der Waals surface area contributed by atoms with Gasteiger partial charge in [0.2, 0.25) is 0 Å². The van der Waals surface area contributed by atoms with Gasteiger partial charge in [0, 0.05) is 17.4 Å². The van der Waals surface area contributed by atoms with Crippen LogP contribution in [0.1, 0.15) is 54.4 Å². The van der Waals surface area contributed by atoms with E-state index in [0.717, 1.165) is 34.3 Å². The highest BCUT2D eigenvalue weighted by atomic mass is 32.2. The van der Waals surface area contributed by atoms with Crippen molar-refractivity contribution in [3.8, 4) is 11.3 Å². The van der Waals surface area contributed by atoms with Crippen LogP contribution in [0.2, 0.25) is 0 Å². The summed E-state index contributed by atoms with van der Waals surface area (Å²) < 4.78 is 34.9. The second-order valence-corrected chi connectivity index (χ2v) is 12.5. The topological polar surface area (TPSA) is 123 Å². The molecule has 8 nitrogen and oxygen atoms in total. The fourth-order valence-electron chi connectivity index (χ4n) is 4.05. The molecule has 3 aromatic rings. The first-order valence-electron chi connectivity index (χ1n) is 13.5. The van der Waals surface area contributed by atoms with Crippen molar-refractivity contribution < 1.29 is 32.3 Å². The Bertz CT molecular complexity index is 1580. The van der Waals surface area contributed by atoms with Gasteiger partial charge in [0.05, 0.1) is 12.4 Å². The molecule has 1 aromatic heterocycles. The van der Waals surface area contributed by atoms with Crippen LogP contribution in [-0.2, 0) is 32.6 Å². The van der Waals surface area contributed by atoms with E-state index in [0.29, 0.717) is 11.3 Å². The third kappa shape index (κ3) is 10.3. The molecule has 1 unspecified atom stereocenters. The predicted octanol–water partition coefficient (Wildman–Crippen LogP) is 6.21. The number of carboxylic acids is 1. The number of benzene rings is 2. The molecule has 0 aliphatic heterocycles. The van der Waals surface area contributed by atoms with Crippen LogP contribution in [0.5, 0.6) is 0 Å². The minimum atomic E-state index is -3.40. The molecule has 0 radical (unpaired) electrons. The minimum absolute atomic E-state index is 0.236. The van der Waals surface area contributed by atoms with Crippen LogP contribution in [-0.4, -0.2) is 43.5 Å². The Kier molecular flexibility index (Phi) is 11.6. The van der Waals surface area contributed by atoms with Crippen molar-refractivity contribution in [3.63, 3.8) is 0 Å². The fourth-order valence-corrected chi connectivity index (χ4v) is 4.71. The Balaban J connectivity index is 1.79. The SMILES string of the molecule is CC(C)=C/C=C\C=C(/C)c1cc(COCc2ccc(-c3ccccc3)o2)ccc1C(=O)NC(CCS(C)(=O)=O)C(=O)O. The first-order chi connectivity index (χ1) is 19.9. The minimum Gasteiger partial charge on any atom is -0.480 e. The monoisotopic (exact) mass is 591 g/mol. The van der Waals surface area contributed by atoms with Gasteiger partial charge in [0.1, 0.15) is 34.0 Å². The number of rotatable bonds is 14. The molecule has 0 fully saturated rings. The Hall–Kier alpha value is -4.21. The van der Waals surface area contributed by atoms with Crippen LogP contribution in [0.15, 0.2) is 95.0 Å². The van der Waals surface area contributed by atoms with Crippen LogP contribution in [0.25, 0.3) is 16.9 Å². The summed E-state index contributed by atoms with van der Waals surface area (Å²) in [5, 5.41) is 12.1. The number of ether oxygens (including phenoxy) is 1. The molecule has 0 bridgehead atoms. The Morgan fingerprint density at radius 3 is 2.33 bits per heavy atom. The Labute approximate surface area is 247 Å². The summed E-state index contributed by atoms with van der Waals surface area (Å²) in [5.74, 6) is -0.833. The van der Waals surface area contributed by atoms with Gasteiger partial charge in [0.15, 0.2) is 0 Å². The summed E-state index contributed by atoms with van der Waals surface area (Å²) in [4.78, 5) is 25.0. The molecule has 0 saturated carbocycles. The molecular formula is C33H37NO7S. The average Bonchev–Trinajstić information content (AvgIpc) is 3.41. The van der Waals surface area contributed by atoms with Gasteiger partial charge in [-0.1, -0.05) is 66.3 Å². The van der Waals surface area contributed by atoms with Crippen LogP contribution < -0.4 is 5.32 Å². The molecule has 0 aliphatic rings. The molecule has 0 aliphatic carbocycles. The van der Waals surface area contributed by atoms with Crippen molar-refractivity contribution in [2.45, 2.75) is 46.4 Å². The molecule has 1 atom stereocenters. The van der Waals surface area contributed by atoms with E-state index < -0.39 is 27.8 Å². The zero-order valence-corrected chi connectivity index (χ0v) is 25.1. The highest BCUT2D eigenvalue weighted by molar-refractivity contribution is 7.90. The van der Waals surface area contributed by atoms with E-state index in [1.807, 2.05) is 93.6 Å². The van der Waals surface area contributed by atoms with Crippen molar-refractivity contribution >= 4 is 27.3 Å². The highest BCUT2D eigenvalue weighted by Crippen LogP contribution is 2.24. The molecule has 42 heavy (non-hydrogen) atoms. The normalized spacial score (nSPS) is 12.7. The number of allylic oxidation sites excluding steroid dienone is 6. The van der Waals surface area contributed by atoms with Crippen LogP contribution >= 0.6 is 0 Å². The van der Waals surface area contributed by atoms with Gasteiger partial charge in [-0.15, -0.1) is 0 Å². The predicted molar refractivity (Wildman–Crippen MR) is 165 cm³/mol. The van der Waals surface area contributed by atoms with Crippen molar-refractivity contribution in [1.82, 2.24) is 5.32 Å². The number of amides is 1. The number of furan rings is 1. The lowest BCUT2D eigenvalue weighted by Crippen LogP contribution is -2.42. The third-order valence-corrected chi connectivity index (χ3v) is 7.23. The van der Waals surface area contributed by atoms with Crippen LogP contribution in [0.3, 0.4) is 0 Å². The maximum Gasteiger partial charge on any atom is 0.326 e. The molecule has 2 aromatic carbocycles. The molecule has 2 N–H and O–H groups in total. The van der Waals surface area contributed by atoms with E-state index >= 15 is 0 Å². The summed E-state index contributed by atoms with van der Waals surface area (Å²) in [6, 6.07) is 17.4. The maximum atomic E-state index is 13.2. The third-order valence-electron chi connectivity index (χ3n) is 6.25. The van der Waals surface area contributed by atoms with Gasteiger partial charge in [-0.25, -0.2) is 13.2 Å². The van der Waals surface area contributed by atoms with E-state index in [9.17, 15) is 23.1 Å². The Morgan fingerprint density at radius 2 is 1.67 bits per heavy atom. The zero-order valence-electron chi connectivity index (χ0n) is 24.3. The van der Waals surface area contributed by atoms with Crippen molar-refractivity contribution in [2.75, 3.05) is 12.0 Å². The molecule has 222 valence electrons. The summed E-state index contributed by atoms with van der Waals surface area (Å²) >= 11 is 0. The first kappa shape index (κ1) is 32.3. The quantitative estimate of drug-likeness (QED) is 0.214. The molecule has 9 heteroatoms. The molecule has 1 amide bonds. The van der Waals surface area contributed by atoms with Gasteiger partial charge in [0.25, 0.3) is 5.91 Å². The standard InChI is InChI=1S/C33H37NO7S/c1-23(2)10-8-9-11-24(3)29-20-25(21-40-22-27-15-17-31(41-27)26-12-6-5-7-13-26)14-16-28(29)32(35)34-30(33(36)37)18-19-42(4,38)39/h5-17,20,30H,18-19,21-22H2,1-4H3,(H,34,35)(H,36,37)/b9-8-,24-11+. The lowest BCUT2D eigenvalue weighted by Gasteiger charge is -2.17. The smallest absolute Gasteiger partial charge is 0.326 e. The zero-order chi connectivity index (χ0) is 30.7. The van der Waals surface area contributed by atoms with Crippen molar-refractivity contribution in [1.29, 1.82) is 0 Å². The Morgan fingerprint density at radius 1 is 0.952 bits per heavy atom. The summed E-state index contributed by atoms with van der Waals surface area (Å²) in [5.41, 5.74) is 4.58. The number of aliphatic carboxylic acids is 1. The second kappa shape index (κ2) is 15.1. The largest absolute Gasteiger partial charge is 0.480 e. The number of carbonyl (C=O) groups is 2. The van der Waals surface area contributed by atoms with E-state index in [2.05, 4.69) is 5.32 Å². The van der Waals surface area contributed by atoms with E-state index in [4.69, 9.17) is 9.15 Å². The number of nitrogens with one attached hydrogen (secondary N) is 1. The van der Waals surface area contributed by atoms with Crippen molar-refractivity contribution in [3.05, 3.63) is 113 Å². The number of sulfone groups is 1. The maximum absolute atomic E-state index is 13.2. The van der Waals surface area contributed by atoms with Gasteiger partial charge in [-0.3, -0.25) is 4.79 Å². The number of carbonyl (C=O) groups excluding carboxylic acids is 1. The summed E-state index contributed by atoms with van der Waals surface area (Å²) in [6.07, 6.45) is 8.36. The number of carboxylic acid groups (broad SMARTS) is 1. The molecule has 0 spiro atoms. The fraction of sp³-hybridized carbons (Fsp3) is 0.273. The van der Waals surface area contributed by atoms with Gasteiger partial charge in [-0.05, 0) is 68.2 Å². The van der Waals surface area contributed by atoms with Crippen molar-refractivity contribution in [2.24, 2.45) is 0 Å². The first-order valence-corrected chi connectivity index (χ1v) is 15.5. The van der Waals surface area contributed by atoms with E-state index in [1.54, 1.807) is 12.1 Å². The van der Waals surface area contributed by atoms with E-state index in [1.165, 1.54) is 0 Å². The highest BCUT2D eigenvalue weighted by Gasteiger charge is 2.24. The lowest BCUT2D eigenvalue weighted by atomic mass is 9.97. The van der Waals surface area contributed by atoms with Crippen LogP contribution in [0.4, 0.5) is 0 Å². The van der Waals surface area contributed by atoms with Gasteiger partial charge >= 0.3 is 5.97 Å². The van der Waals surface area contributed by atoms with Crippen LogP contribution in [0, 0.1) is 0 Å². The molecule has 3 rings (SSSR count). The summed E-state index contributed by atoms with van der Waals surface area (Å²) in [6.45, 7) is 6.34. The molecular weight excluding hydrogens is 554 g/mol. The lowest BCUT2D eigenvalue weighted by molar-refractivity contribution is -0.139. The van der Waals surface area contributed by atoms with Gasteiger partial charge < -0.3 is 19.6 Å². The number of hydrogen-bond donors (Lipinski definition) is 2. The van der Waals surface area contributed by atoms with E-state index in [-0.39, 0.29) is 31.0 Å².